The molecule has 0 radical (unpaired) electrons. The molecule has 5 rings (SSSR count). The van der Waals surface area contributed by atoms with E-state index in [4.69, 9.17) is 0 Å². The van der Waals surface area contributed by atoms with E-state index in [9.17, 15) is 4.79 Å². The van der Waals surface area contributed by atoms with Crippen molar-refractivity contribution in [3.63, 3.8) is 0 Å². The van der Waals surface area contributed by atoms with E-state index in [1.54, 1.807) is 24.7 Å². The van der Waals surface area contributed by atoms with Gasteiger partial charge in [0.1, 0.15) is 11.6 Å². The zero-order chi connectivity index (χ0) is 25.1. The number of fused-ring (bicyclic) bond motifs is 1. The van der Waals surface area contributed by atoms with Gasteiger partial charge in [-0.3, -0.25) is 9.78 Å². The third-order valence-electron chi connectivity index (χ3n) is 6.24. The van der Waals surface area contributed by atoms with Gasteiger partial charge >= 0.3 is 0 Å². The molecular formula is C27H30N8O. The molecular weight excluding hydrogens is 452 g/mol. The summed E-state index contributed by atoms with van der Waals surface area (Å²) in [6.07, 6.45) is 5.34. The molecule has 4 aromatic rings. The summed E-state index contributed by atoms with van der Waals surface area (Å²) in [6, 6.07) is 11.7. The normalized spacial score (nSPS) is 14.4. The third kappa shape index (κ3) is 5.46. The number of carbonyl (C=O) groups is 1. The van der Waals surface area contributed by atoms with Crippen molar-refractivity contribution < 1.29 is 4.79 Å². The number of Topliss-reactive ketones (excluding diaryl/α,β-unsaturated/α-hetero) is 1. The molecule has 0 atom stereocenters. The number of aromatic nitrogens is 5. The van der Waals surface area contributed by atoms with Crippen molar-refractivity contribution in [2.45, 2.75) is 26.3 Å². The molecule has 0 spiro atoms. The van der Waals surface area contributed by atoms with Crippen LogP contribution in [-0.2, 0) is 6.42 Å². The molecule has 9 heteroatoms. The quantitative estimate of drug-likeness (QED) is 0.397. The molecule has 0 aliphatic carbocycles. The highest BCUT2D eigenvalue weighted by atomic mass is 16.1. The van der Waals surface area contributed by atoms with Crippen LogP contribution in [0.1, 0.15) is 29.9 Å². The largest absolute Gasteiger partial charge is 0.367 e. The summed E-state index contributed by atoms with van der Waals surface area (Å²) < 4.78 is 0. The summed E-state index contributed by atoms with van der Waals surface area (Å²) in [6.45, 7) is 7.90. The van der Waals surface area contributed by atoms with E-state index in [1.165, 1.54) is 0 Å². The molecule has 1 N–H and O–H groups in total. The fourth-order valence-corrected chi connectivity index (χ4v) is 4.27. The maximum atomic E-state index is 13.1. The van der Waals surface area contributed by atoms with Crippen LogP contribution >= 0.6 is 0 Å². The number of nitrogens with zero attached hydrogens (tertiary/aromatic N) is 7. The SMILES string of the molecule is CC(C)Nc1cncc(-c2ccc3nnc(CC(=O)c4ccnc(N5CCN(C)CC5)c4)cc3c2)n1. The molecule has 4 heterocycles. The van der Waals surface area contributed by atoms with Crippen molar-refractivity contribution >= 4 is 28.3 Å². The van der Waals surface area contributed by atoms with Crippen LogP contribution in [0.4, 0.5) is 11.6 Å². The van der Waals surface area contributed by atoms with E-state index < -0.39 is 0 Å². The Hall–Kier alpha value is -3.98. The maximum absolute atomic E-state index is 13.1. The van der Waals surface area contributed by atoms with Crippen molar-refractivity contribution in [1.29, 1.82) is 0 Å². The summed E-state index contributed by atoms with van der Waals surface area (Å²) >= 11 is 0. The van der Waals surface area contributed by atoms with Gasteiger partial charge in [0.25, 0.3) is 0 Å². The highest BCUT2D eigenvalue weighted by Gasteiger charge is 2.17. The molecule has 1 saturated heterocycles. The molecule has 36 heavy (non-hydrogen) atoms. The van der Waals surface area contributed by atoms with Crippen molar-refractivity contribution in [1.82, 2.24) is 30.0 Å². The first-order chi connectivity index (χ1) is 17.4. The van der Waals surface area contributed by atoms with E-state index in [0.29, 0.717) is 11.3 Å². The Bertz CT molecular complexity index is 1380. The summed E-state index contributed by atoms with van der Waals surface area (Å²) in [5.41, 5.74) is 3.73. The van der Waals surface area contributed by atoms with Gasteiger partial charge in [0.2, 0.25) is 0 Å². The van der Waals surface area contributed by atoms with Crippen LogP contribution in [0.2, 0.25) is 0 Å². The van der Waals surface area contributed by atoms with Crippen molar-refractivity contribution in [2.24, 2.45) is 0 Å². The average molecular weight is 483 g/mol. The number of hydrogen-bond acceptors (Lipinski definition) is 9. The second-order valence-corrected chi connectivity index (χ2v) is 9.49. The molecule has 1 fully saturated rings. The van der Waals surface area contributed by atoms with Gasteiger partial charge in [-0.2, -0.15) is 10.2 Å². The molecule has 0 unspecified atom stereocenters. The first-order valence-corrected chi connectivity index (χ1v) is 12.2. The number of ketones is 1. The fraction of sp³-hybridized carbons (Fsp3) is 0.333. The predicted molar refractivity (Wildman–Crippen MR) is 141 cm³/mol. The van der Waals surface area contributed by atoms with Gasteiger partial charge in [-0.15, -0.1) is 0 Å². The number of carbonyl (C=O) groups excluding carboxylic acids is 1. The third-order valence-corrected chi connectivity index (χ3v) is 6.24. The number of nitrogens with one attached hydrogen (secondary N) is 1. The van der Waals surface area contributed by atoms with Gasteiger partial charge in [0, 0.05) is 54.9 Å². The number of likely N-dealkylation sites (N-methyl/N-ethyl adjacent to an activating group) is 1. The number of hydrogen-bond donors (Lipinski definition) is 1. The lowest BCUT2D eigenvalue weighted by Crippen LogP contribution is -2.44. The minimum atomic E-state index is -0.00379. The van der Waals surface area contributed by atoms with Gasteiger partial charge in [-0.25, -0.2) is 9.97 Å². The first kappa shape index (κ1) is 23.7. The first-order valence-electron chi connectivity index (χ1n) is 12.2. The second-order valence-electron chi connectivity index (χ2n) is 9.49. The predicted octanol–water partition coefficient (Wildman–Crippen LogP) is 3.48. The Labute approximate surface area is 210 Å². The molecule has 1 aliphatic heterocycles. The number of rotatable bonds is 7. The van der Waals surface area contributed by atoms with E-state index in [0.717, 1.165) is 60.0 Å². The van der Waals surface area contributed by atoms with Gasteiger partial charge < -0.3 is 15.1 Å². The lowest BCUT2D eigenvalue weighted by Gasteiger charge is -2.33. The summed E-state index contributed by atoms with van der Waals surface area (Å²) in [5, 5.41) is 12.8. The maximum Gasteiger partial charge on any atom is 0.169 e. The summed E-state index contributed by atoms with van der Waals surface area (Å²) in [4.78, 5) is 31.1. The van der Waals surface area contributed by atoms with Crippen molar-refractivity contribution in [3.05, 3.63) is 66.2 Å². The molecule has 1 aliphatic rings. The van der Waals surface area contributed by atoms with Gasteiger partial charge in [-0.05, 0) is 51.2 Å². The summed E-state index contributed by atoms with van der Waals surface area (Å²) in [7, 11) is 2.12. The van der Waals surface area contributed by atoms with E-state index in [2.05, 4.69) is 61.2 Å². The Kier molecular flexibility index (Phi) is 6.81. The molecule has 0 bridgehead atoms. The van der Waals surface area contributed by atoms with Crippen LogP contribution in [0, 0.1) is 0 Å². The van der Waals surface area contributed by atoms with Gasteiger partial charge in [0.05, 0.1) is 35.7 Å². The molecule has 0 amide bonds. The fourth-order valence-electron chi connectivity index (χ4n) is 4.27. The molecule has 3 aromatic heterocycles. The molecule has 184 valence electrons. The number of pyridine rings is 1. The Morgan fingerprint density at radius 2 is 1.86 bits per heavy atom. The number of benzene rings is 1. The van der Waals surface area contributed by atoms with Crippen LogP contribution in [0.15, 0.2) is 55.0 Å². The standard InChI is InChI=1S/C27H30N8O/c1-18(2)30-26-17-28-16-24(31-26)19-4-5-23-21(12-19)13-22(32-33-23)15-25(36)20-6-7-29-27(14-20)35-10-8-34(3)9-11-35/h4-7,12-14,16-18H,8-11,15H2,1-3H3,(H,30,31). The lowest BCUT2D eigenvalue weighted by molar-refractivity contribution is 0.0991. The van der Waals surface area contributed by atoms with Gasteiger partial charge in [-0.1, -0.05) is 6.07 Å². The highest BCUT2D eigenvalue weighted by Crippen LogP contribution is 2.23. The zero-order valence-electron chi connectivity index (χ0n) is 20.8. The monoisotopic (exact) mass is 482 g/mol. The van der Waals surface area contributed by atoms with E-state index in [1.807, 2.05) is 30.3 Å². The Morgan fingerprint density at radius 1 is 1.03 bits per heavy atom. The van der Waals surface area contributed by atoms with Crippen LogP contribution < -0.4 is 10.2 Å². The van der Waals surface area contributed by atoms with Crippen LogP contribution in [0.25, 0.3) is 22.2 Å². The average Bonchev–Trinajstić information content (AvgIpc) is 2.88. The minimum absolute atomic E-state index is 0.00379. The molecule has 0 saturated carbocycles. The van der Waals surface area contributed by atoms with Crippen molar-refractivity contribution in [3.8, 4) is 11.3 Å². The second kappa shape index (κ2) is 10.3. The van der Waals surface area contributed by atoms with Crippen LogP contribution in [0.5, 0.6) is 0 Å². The van der Waals surface area contributed by atoms with E-state index >= 15 is 0 Å². The Morgan fingerprint density at radius 3 is 2.67 bits per heavy atom. The smallest absolute Gasteiger partial charge is 0.169 e. The van der Waals surface area contributed by atoms with Gasteiger partial charge in [0.15, 0.2) is 5.78 Å². The zero-order valence-corrected chi connectivity index (χ0v) is 20.8. The highest BCUT2D eigenvalue weighted by molar-refractivity contribution is 5.98. The lowest BCUT2D eigenvalue weighted by atomic mass is 10.0. The minimum Gasteiger partial charge on any atom is -0.367 e. The topological polar surface area (TPSA) is 100 Å². The van der Waals surface area contributed by atoms with Crippen molar-refractivity contribution in [2.75, 3.05) is 43.4 Å². The number of anilines is 2. The van der Waals surface area contributed by atoms with E-state index in [-0.39, 0.29) is 18.2 Å². The number of piperazine rings is 1. The summed E-state index contributed by atoms with van der Waals surface area (Å²) in [5.74, 6) is 1.57. The molecule has 9 nitrogen and oxygen atoms in total. The Balaban J connectivity index is 1.35. The van der Waals surface area contributed by atoms with Crippen LogP contribution in [-0.4, -0.2) is 75.1 Å². The molecule has 1 aromatic carbocycles. The van der Waals surface area contributed by atoms with Crippen LogP contribution in [0.3, 0.4) is 0 Å².